The van der Waals surface area contributed by atoms with Gasteiger partial charge in [-0.15, -0.1) is 0 Å². The third kappa shape index (κ3) is 34.7. The molecule has 0 heterocycles. The predicted molar refractivity (Wildman–Crippen MR) is 196 cm³/mol. The van der Waals surface area contributed by atoms with E-state index in [-0.39, 0.29) is 19.4 Å². The third-order valence-corrected chi connectivity index (χ3v) is 9.03. The van der Waals surface area contributed by atoms with Crippen molar-refractivity contribution in [2.45, 2.75) is 180 Å². The van der Waals surface area contributed by atoms with Gasteiger partial charge < -0.3 is 24.6 Å². The van der Waals surface area contributed by atoms with Gasteiger partial charge in [0.05, 0.1) is 19.8 Å². The monoisotopic (exact) mass is 718 g/mol. The minimum atomic E-state index is -4.61. The molecule has 10 nitrogen and oxygen atoms in total. The second-order valence-corrected chi connectivity index (χ2v) is 14.4. The van der Waals surface area contributed by atoms with Crippen LogP contribution in [0.1, 0.15) is 168 Å². The van der Waals surface area contributed by atoms with Gasteiger partial charge in [0.2, 0.25) is 0 Å². The standard InChI is InChI=1S/C38H71O10P/c1-3-5-7-9-11-13-15-16-17-18-20-22-24-26-28-30-38(42)48-36(34-47-49(43,44)46-32-35(40)31-39)33-45-37(41)29-27-25-23-21-19-14-12-10-8-6-4-2/h10,12,20,22,35-36,39-40H,3-9,11,13-19,21,23-34H2,1-2H3,(H,43,44)/b12-10+,22-20+/t35-,36+/m0/s1. The Hall–Kier alpha value is -1.55. The molecule has 288 valence electrons. The summed E-state index contributed by atoms with van der Waals surface area (Å²) in [5.41, 5.74) is 0. The molecule has 0 aliphatic heterocycles. The fourth-order valence-electron chi connectivity index (χ4n) is 5.03. The Bertz CT molecular complexity index is 879. The number of hydrogen-bond donors (Lipinski definition) is 3. The maximum atomic E-state index is 12.5. The van der Waals surface area contributed by atoms with Gasteiger partial charge in [0, 0.05) is 12.8 Å². The Balaban J connectivity index is 4.40. The lowest BCUT2D eigenvalue weighted by Crippen LogP contribution is -2.29. The summed E-state index contributed by atoms with van der Waals surface area (Å²) < 4.78 is 32.5. The summed E-state index contributed by atoms with van der Waals surface area (Å²) in [7, 11) is -4.61. The molecule has 3 N–H and O–H groups in total. The van der Waals surface area contributed by atoms with Crippen LogP contribution in [0, 0.1) is 0 Å². The number of carbonyl (C=O) groups excluding carboxylic acids is 2. The highest BCUT2D eigenvalue weighted by atomic mass is 31.2. The van der Waals surface area contributed by atoms with Crippen molar-refractivity contribution in [1.82, 2.24) is 0 Å². The van der Waals surface area contributed by atoms with Gasteiger partial charge in [0.1, 0.15) is 12.7 Å². The molecule has 0 aromatic carbocycles. The van der Waals surface area contributed by atoms with Crippen molar-refractivity contribution < 1.29 is 47.8 Å². The molecule has 0 fully saturated rings. The van der Waals surface area contributed by atoms with Gasteiger partial charge in [0.15, 0.2) is 6.10 Å². The van der Waals surface area contributed by atoms with Crippen molar-refractivity contribution in [1.29, 1.82) is 0 Å². The molecule has 0 amide bonds. The van der Waals surface area contributed by atoms with E-state index in [9.17, 15) is 24.2 Å². The Morgan fingerprint density at radius 1 is 0.592 bits per heavy atom. The van der Waals surface area contributed by atoms with Crippen LogP contribution < -0.4 is 0 Å². The first-order valence-corrected chi connectivity index (χ1v) is 20.8. The number of aliphatic hydroxyl groups is 2. The summed E-state index contributed by atoms with van der Waals surface area (Å²) >= 11 is 0. The van der Waals surface area contributed by atoms with Gasteiger partial charge in [-0.3, -0.25) is 18.6 Å². The molecule has 0 bridgehead atoms. The maximum absolute atomic E-state index is 12.5. The highest BCUT2D eigenvalue weighted by molar-refractivity contribution is 7.47. The predicted octanol–water partition coefficient (Wildman–Crippen LogP) is 9.44. The van der Waals surface area contributed by atoms with Crippen molar-refractivity contribution in [3.63, 3.8) is 0 Å². The first-order valence-electron chi connectivity index (χ1n) is 19.3. The molecule has 3 atom stereocenters. The SMILES string of the molecule is CCCC/C=C/CCCCCCCC(=O)OC[C@H](COP(=O)(O)OC[C@@H](O)CO)OC(=O)CCCC/C=C/CCCCCCCCCCC. The van der Waals surface area contributed by atoms with Crippen molar-refractivity contribution in [2.75, 3.05) is 26.4 Å². The molecule has 0 aliphatic carbocycles. The quantitative estimate of drug-likeness (QED) is 0.0248. The van der Waals surface area contributed by atoms with E-state index in [0.29, 0.717) is 12.8 Å². The molecule has 0 aromatic heterocycles. The average molecular weight is 719 g/mol. The van der Waals surface area contributed by atoms with Gasteiger partial charge >= 0.3 is 19.8 Å². The summed E-state index contributed by atoms with van der Waals surface area (Å²) in [5, 5.41) is 18.3. The van der Waals surface area contributed by atoms with Crippen molar-refractivity contribution in [2.24, 2.45) is 0 Å². The topological polar surface area (TPSA) is 149 Å². The van der Waals surface area contributed by atoms with Crippen LogP contribution in [0.2, 0.25) is 0 Å². The molecular formula is C38H71O10P. The minimum Gasteiger partial charge on any atom is -0.462 e. The summed E-state index contributed by atoms with van der Waals surface area (Å²) in [6.45, 7) is 2.29. The summed E-state index contributed by atoms with van der Waals surface area (Å²) in [6.07, 6.45) is 31.5. The van der Waals surface area contributed by atoms with E-state index in [1.54, 1.807) is 0 Å². The number of esters is 2. The number of phosphoric acid groups is 1. The number of ether oxygens (including phenoxy) is 2. The lowest BCUT2D eigenvalue weighted by Gasteiger charge is -2.20. The van der Waals surface area contributed by atoms with E-state index in [1.165, 1.54) is 70.6 Å². The van der Waals surface area contributed by atoms with E-state index in [0.717, 1.165) is 57.8 Å². The molecule has 49 heavy (non-hydrogen) atoms. The highest BCUT2D eigenvalue weighted by Gasteiger charge is 2.27. The Morgan fingerprint density at radius 2 is 1.02 bits per heavy atom. The van der Waals surface area contributed by atoms with Gasteiger partial charge in [-0.05, 0) is 57.8 Å². The fourth-order valence-corrected chi connectivity index (χ4v) is 5.82. The average Bonchev–Trinajstić information content (AvgIpc) is 3.09. The van der Waals surface area contributed by atoms with E-state index in [1.807, 2.05) is 0 Å². The van der Waals surface area contributed by atoms with Crippen LogP contribution in [0.4, 0.5) is 0 Å². The van der Waals surface area contributed by atoms with Gasteiger partial charge in [-0.1, -0.05) is 122 Å². The van der Waals surface area contributed by atoms with E-state index >= 15 is 0 Å². The first-order chi connectivity index (χ1) is 23.7. The Labute approximate surface area is 298 Å². The van der Waals surface area contributed by atoms with Crippen LogP contribution in [0.5, 0.6) is 0 Å². The van der Waals surface area contributed by atoms with Gasteiger partial charge in [-0.2, -0.15) is 0 Å². The molecular weight excluding hydrogens is 647 g/mol. The van der Waals surface area contributed by atoms with E-state index in [2.05, 4.69) is 42.7 Å². The van der Waals surface area contributed by atoms with Crippen LogP contribution in [0.3, 0.4) is 0 Å². The van der Waals surface area contributed by atoms with E-state index < -0.39 is 51.8 Å². The third-order valence-electron chi connectivity index (χ3n) is 8.08. The number of aliphatic hydroxyl groups excluding tert-OH is 2. The molecule has 0 saturated carbocycles. The lowest BCUT2D eigenvalue weighted by molar-refractivity contribution is -0.161. The Morgan fingerprint density at radius 3 is 1.57 bits per heavy atom. The molecule has 0 rings (SSSR count). The lowest BCUT2D eigenvalue weighted by atomic mass is 10.1. The molecule has 11 heteroatoms. The Kier molecular flexibility index (Phi) is 33.8. The van der Waals surface area contributed by atoms with E-state index in [4.69, 9.17) is 19.1 Å². The molecule has 0 saturated heterocycles. The van der Waals surface area contributed by atoms with Gasteiger partial charge in [-0.25, -0.2) is 4.57 Å². The molecule has 0 aliphatic rings. The van der Waals surface area contributed by atoms with Crippen molar-refractivity contribution in [3.8, 4) is 0 Å². The first kappa shape index (κ1) is 47.4. The van der Waals surface area contributed by atoms with Crippen LogP contribution in [0.15, 0.2) is 24.3 Å². The zero-order valence-electron chi connectivity index (χ0n) is 30.9. The second-order valence-electron chi connectivity index (χ2n) is 12.9. The number of phosphoric ester groups is 1. The molecule has 1 unspecified atom stereocenters. The maximum Gasteiger partial charge on any atom is 0.472 e. The largest absolute Gasteiger partial charge is 0.472 e. The van der Waals surface area contributed by atoms with Crippen LogP contribution in [0.25, 0.3) is 0 Å². The van der Waals surface area contributed by atoms with Crippen molar-refractivity contribution in [3.05, 3.63) is 24.3 Å². The van der Waals surface area contributed by atoms with Crippen molar-refractivity contribution >= 4 is 19.8 Å². The van der Waals surface area contributed by atoms with Crippen LogP contribution >= 0.6 is 7.82 Å². The number of carbonyl (C=O) groups is 2. The fraction of sp³-hybridized carbons (Fsp3) is 0.842. The molecule has 0 aromatic rings. The summed E-state index contributed by atoms with van der Waals surface area (Å²) in [4.78, 5) is 34.8. The summed E-state index contributed by atoms with van der Waals surface area (Å²) in [6, 6.07) is 0. The normalized spacial score (nSPS) is 14.3. The van der Waals surface area contributed by atoms with Crippen LogP contribution in [-0.4, -0.2) is 65.7 Å². The van der Waals surface area contributed by atoms with Crippen LogP contribution in [-0.2, 0) is 32.7 Å². The minimum absolute atomic E-state index is 0.154. The molecule has 0 spiro atoms. The highest BCUT2D eigenvalue weighted by Crippen LogP contribution is 2.43. The number of allylic oxidation sites excluding steroid dienone is 4. The molecule has 0 radical (unpaired) electrons. The number of rotatable bonds is 36. The van der Waals surface area contributed by atoms with Gasteiger partial charge in [0.25, 0.3) is 0 Å². The number of unbranched alkanes of at least 4 members (excludes halogenated alkanes) is 18. The zero-order valence-corrected chi connectivity index (χ0v) is 31.8. The summed E-state index contributed by atoms with van der Waals surface area (Å²) in [5.74, 6) is -0.962. The number of hydrogen-bond acceptors (Lipinski definition) is 9. The smallest absolute Gasteiger partial charge is 0.462 e. The second kappa shape index (κ2) is 34.9. The zero-order chi connectivity index (χ0) is 36.3.